The Kier molecular flexibility index (Phi) is 6.27. The SMILES string of the molecule is CCOc1cc(/C=C2\SC(=S)NC2=O)ccc1OCc1ccccc1[N+](=O)[O-]. The Morgan fingerprint density at radius 3 is 2.68 bits per heavy atom. The molecule has 1 amide bonds. The number of nitrogens with zero attached hydrogens (tertiary/aromatic N) is 1. The van der Waals surface area contributed by atoms with Crippen molar-refractivity contribution < 1.29 is 19.2 Å². The quantitative estimate of drug-likeness (QED) is 0.315. The molecule has 2 aromatic rings. The van der Waals surface area contributed by atoms with Crippen molar-refractivity contribution in [2.75, 3.05) is 6.61 Å². The molecule has 7 nitrogen and oxygen atoms in total. The van der Waals surface area contributed by atoms with Crippen molar-refractivity contribution in [2.24, 2.45) is 0 Å². The number of amides is 1. The summed E-state index contributed by atoms with van der Waals surface area (Å²) >= 11 is 6.18. The van der Waals surface area contributed by atoms with Crippen LogP contribution in [-0.2, 0) is 11.4 Å². The smallest absolute Gasteiger partial charge is 0.276 e. The Bertz CT molecular complexity index is 975. The first-order valence-corrected chi connectivity index (χ1v) is 9.57. The highest BCUT2D eigenvalue weighted by atomic mass is 32.2. The van der Waals surface area contributed by atoms with Gasteiger partial charge in [0.1, 0.15) is 10.9 Å². The van der Waals surface area contributed by atoms with Crippen molar-refractivity contribution in [3.05, 3.63) is 68.6 Å². The molecule has 0 radical (unpaired) electrons. The van der Waals surface area contributed by atoms with Crippen LogP contribution in [0.3, 0.4) is 0 Å². The lowest BCUT2D eigenvalue weighted by Crippen LogP contribution is -2.17. The lowest BCUT2D eigenvalue weighted by Gasteiger charge is -2.13. The summed E-state index contributed by atoms with van der Waals surface area (Å²) in [6.07, 6.45) is 1.72. The molecular formula is C19H16N2O5S2. The molecule has 1 fully saturated rings. The minimum atomic E-state index is -0.438. The number of carbonyl (C=O) groups excluding carboxylic acids is 1. The third-order valence-electron chi connectivity index (χ3n) is 3.78. The Morgan fingerprint density at radius 1 is 1.21 bits per heavy atom. The molecule has 1 heterocycles. The first-order chi connectivity index (χ1) is 13.5. The zero-order valence-electron chi connectivity index (χ0n) is 14.8. The third-order valence-corrected chi connectivity index (χ3v) is 4.94. The van der Waals surface area contributed by atoms with Gasteiger partial charge >= 0.3 is 0 Å². The van der Waals surface area contributed by atoms with Gasteiger partial charge in [-0.15, -0.1) is 0 Å². The van der Waals surface area contributed by atoms with Crippen molar-refractivity contribution in [3.63, 3.8) is 0 Å². The standard InChI is InChI=1S/C19H16N2O5S2/c1-2-25-16-9-12(10-17-18(22)20-19(27)28-17)7-8-15(16)26-11-13-5-3-4-6-14(13)21(23)24/h3-10H,2,11H2,1H3,(H,20,22,27)/b17-10-. The summed E-state index contributed by atoms with van der Waals surface area (Å²) in [5, 5.41) is 13.7. The summed E-state index contributed by atoms with van der Waals surface area (Å²) < 4.78 is 11.8. The van der Waals surface area contributed by atoms with E-state index in [2.05, 4.69) is 5.32 Å². The Balaban J connectivity index is 1.82. The second kappa shape index (κ2) is 8.85. The molecule has 0 spiro atoms. The first-order valence-electron chi connectivity index (χ1n) is 8.34. The molecular weight excluding hydrogens is 400 g/mol. The molecule has 1 saturated heterocycles. The highest BCUT2D eigenvalue weighted by Crippen LogP contribution is 2.33. The van der Waals surface area contributed by atoms with Crippen LogP contribution in [0.1, 0.15) is 18.1 Å². The number of nitrogens with one attached hydrogen (secondary N) is 1. The van der Waals surface area contributed by atoms with Gasteiger partial charge < -0.3 is 14.8 Å². The second-order valence-corrected chi connectivity index (χ2v) is 7.38. The molecule has 2 aromatic carbocycles. The molecule has 9 heteroatoms. The summed E-state index contributed by atoms with van der Waals surface area (Å²) in [5.41, 5.74) is 1.22. The van der Waals surface area contributed by atoms with E-state index in [1.165, 1.54) is 17.8 Å². The first kappa shape index (κ1) is 19.8. The maximum atomic E-state index is 11.8. The largest absolute Gasteiger partial charge is 0.490 e. The zero-order chi connectivity index (χ0) is 20.1. The topological polar surface area (TPSA) is 90.7 Å². The average Bonchev–Trinajstić information content (AvgIpc) is 2.98. The van der Waals surface area contributed by atoms with Crippen LogP contribution in [0.25, 0.3) is 6.08 Å². The van der Waals surface area contributed by atoms with Crippen molar-refractivity contribution in [1.82, 2.24) is 5.32 Å². The summed E-state index contributed by atoms with van der Waals surface area (Å²) in [7, 11) is 0. The molecule has 1 aliphatic heterocycles. The highest BCUT2D eigenvalue weighted by Gasteiger charge is 2.22. The minimum Gasteiger partial charge on any atom is -0.490 e. The molecule has 0 bridgehead atoms. The van der Waals surface area contributed by atoms with Crippen LogP contribution in [0.5, 0.6) is 11.5 Å². The fourth-order valence-corrected chi connectivity index (χ4v) is 3.59. The molecule has 3 rings (SSSR count). The number of hydrogen-bond acceptors (Lipinski definition) is 7. The van der Waals surface area contributed by atoms with Crippen LogP contribution in [0.15, 0.2) is 47.4 Å². The van der Waals surface area contributed by atoms with Crippen molar-refractivity contribution in [3.8, 4) is 11.5 Å². The fourth-order valence-electron chi connectivity index (χ4n) is 2.54. The number of carbonyl (C=O) groups is 1. The number of para-hydroxylation sites is 1. The molecule has 144 valence electrons. The van der Waals surface area contributed by atoms with E-state index in [9.17, 15) is 14.9 Å². The van der Waals surface area contributed by atoms with E-state index in [0.717, 1.165) is 5.56 Å². The second-order valence-electron chi connectivity index (χ2n) is 5.67. The van der Waals surface area contributed by atoms with Gasteiger partial charge in [-0.3, -0.25) is 14.9 Å². The maximum absolute atomic E-state index is 11.8. The van der Waals surface area contributed by atoms with Crippen LogP contribution in [0.4, 0.5) is 5.69 Å². The van der Waals surface area contributed by atoms with Gasteiger partial charge in [0.2, 0.25) is 0 Å². The van der Waals surface area contributed by atoms with Crippen LogP contribution >= 0.6 is 24.0 Å². The van der Waals surface area contributed by atoms with E-state index in [1.54, 1.807) is 42.5 Å². The van der Waals surface area contributed by atoms with Gasteiger partial charge in [-0.1, -0.05) is 42.2 Å². The number of ether oxygens (including phenoxy) is 2. The lowest BCUT2D eigenvalue weighted by molar-refractivity contribution is -0.385. The molecule has 28 heavy (non-hydrogen) atoms. The summed E-state index contributed by atoms with van der Waals surface area (Å²) in [5.74, 6) is 0.715. The van der Waals surface area contributed by atoms with Gasteiger partial charge in [0.25, 0.3) is 11.6 Å². The highest BCUT2D eigenvalue weighted by molar-refractivity contribution is 8.26. The Hall–Kier alpha value is -2.91. The van der Waals surface area contributed by atoms with E-state index < -0.39 is 4.92 Å². The van der Waals surface area contributed by atoms with E-state index in [0.29, 0.717) is 32.9 Å². The number of nitro groups is 1. The van der Waals surface area contributed by atoms with Crippen LogP contribution in [0.2, 0.25) is 0 Å². The number of nitro benzene ring substituents is 1. The fraction of sp³-hybridized carbons (Fsp3) is 0.158. The number of hydrogen-bond donors (Lipinski definition) is 1. The van der Waals surface area contributed by atoms with Gasteiger partial charge in [0.05, 0.1) is 22.0 Å². The van der Waals surface area contributed by atoms with Crippen LogP contribution in [-0.4, -0.2) is 21.8 Å². The normalized spacial score (nSPS) is 14.8. The minimum absolute atomic E-state index is 0.00190. The van der Waals surface area contributed by atoms with Gasteiger partial charge in [-0.05, 0) is 36.8 Å². The van der Waals surface area contributed by atoms with E-state index in [1.807, 2.05) is 6.92 Å². The molecule has 1 N–H and O–H groups in total. The molecule has 1 aliphatic rings. The van der Waals surface area contributed by atoms with Gasteiger partial charge in [0.15, 0.2) is 11.5 Å². The predicted octanol–water partition coefficient (Wildman–Crippen LogP) is 4.06. The van der Waals surface area contributed by atoms with Gasteiger partial charge in [-0.2, -0.15) is 0 Å². The van der Waals surface area contributed by atoms with Crippen LogP contribution < -0.4 is 14.8 Å². The van der Waals surface area contributed by atoms with Gasteiger partial charge in [-0.25, -0.2) is 0 Å². The Morgan fingerprint density at radius 2 is 2.00 bits per heavy atom. The van der Waals surface area contributed by atoms with E-state index in [-0.39, 0.29) is 18.2 Å². The monoisotopic (exact) mass is 416 g/mol. The third kappa shape index (κ3) is 4.68. The van der Waals surface area contributed by atoms with Crippen molar-refractivity contribution in [2.45, 2.75) is 13.5 Å². The number of rotatable bonds is 7. The van der Waals surface area contributed by atoms with Crippen molar-refractivity contribution in [1.29, 1.82) is 0 Å². The molecule has 0 aliphatic carbocycles. The number of thioether (sulfide) groups is 1. The summed E-state index contributed by atoms with van der Waals surface area (Å²) in [6, 6.07) is 11.7. The molecule has 0 saturated carbocycles. The number of benzene rings is 2. The summed E-state index contributed by atoms with van der Waals surface area (Å²) in [6.45, 7) is 2.29. The van der Waals surface area contributed by atoms with E-state index in [4.69, 9.17) is 21.7 Å². The molecule has 0 atom stereocenters. The number of thiocarbonyl (C=S) groups is 1. The van der Waals surface area contributed by atoms with E-state index >= 15 is 0 Å². The van der Waals surface area contributed by atoms with Crippen LogP contribution in [0, 0.1) is 10.1 Å². The van der Waals surface area contributed by atoms with Gasteiger partial charge in [0, 0.05) is 6.07 Å². The molecule has 0 unspecified atom stereocenters. The Labute approximate surface area is 170 Å². The maximum Gasteiger partial charge on any atom is 0.276 e. The summed E-state index contributed by atoms with van der Waals surface area (Å²) in [4.78, 5) is 23.0. The average molecular weight is 416 g/mol. The lowest BCUT2D eigenvalue weighted by atomic mass is 10.1. The zero-order valence-corrected chi connectivity index (χ0v) is 16.5. The molecule has 0 aromatic heterocycles. The predicted molar refractivity (Wildman–Crippen MR) is 111 cm³/mol. The van der Waals surface area contributed by atoms with Crippen molar-refractivity contribution >= 4 is 46.0 Å².